The number of benzene rings is 1. The molecule has 26 heavy (non-hydrogen) atoms. The van der Waals surface area contributed by atoms with Crippen LogP contribution < -0.4 is 5.32 Å². The van der Waals surface area contributed by atoms with E-state index >= 15 is 0 Å². The fraction of sp³-hybridized carbons (Fsp3) is 0.556. The fourth-order valence-corrected chi connectivity index (χ4v) is 3.66. The molecule has 5 atom stereocenters. The highest BCUT2D eigenvalue weighted by molar-refractivity contribution is 5.98. The molecule has 1 aliphatic heterocycles. The Labute approximate surface area is 151 Å². The highest BCUT2D eigenvalue weighted by Gasteiger charge is 2.44. The number of amides is 2. The molecule has 0 bridgehead atoms. The van der Waals surface area contributed by atoms with E-state index in [0.717, 1.165) is 5.56 Å². The van der Waals surface area contributed by atoms with Crippen LogP contribution in [0.1, 0.15) is 29.3 Å². The van der Waals surface area contributed by atoms with Gasteiger partial charge in [0.15, 0.2) is 5.60 Å². The average Bonchev–Trinajstić information content (AvgIpc) is 3.06. The highest BCUT2D eigenvalue weighted by atomic mass is 16.3. The van der Waals surface area contributed by atoms with Crippen LogP contribution in [-0.2, 0) is 11.3 Å². The number of carbonyl (C=O) groups excluding carboxylic acids is 2. The molecule has 3 rings (SSSR count). The summed E-state index contributed by atoms with van der Waals surface area (Å²) in [5, 5.41) is 42.1. The number of nitrogens with one attached hydrogen (secondary N) is 1. The van der Waals surface area contributed by atoms with E-state index in [1.54, 1.807) is 12.1 Å². The summed E-state index contributed by atoms with van der Waals surface area (Å²) >= 11 is 0. The summed E-state index contributed by atoms with van der Waals surface area (Å²) in [6.07, 6.45) is -2.15. The van der Waals surface area contributed by atoms with E-state index in [9.17, 15) is 30.0 Å². The van der Waals surface area contributed by atoms with E-state index in [1.165, 1.54) is 11.8 Å². The van der Waals surface area contributed by atoms with E-state index in [2.05, 4.69) is 5.32 Å². The summed E-state index contributed by atoms with van der Waals surface area (Å²) in [6.45, 7) is 1.12. The fourth-order valence-electron chi connectivity index (χ4n) is 3.66. The summed E-state index contributed by atoms with van der Waals surface area (Å²) in [5.41, 5.74) is -0.461. The number of aliphatic hydroxyl groups is 4. The van der Waals surface area contributed by atoms with Crippen molar-refractivity contribution in [2.45, 2.75) is 43.7 Å². The minimum atomic E-state index is -1.86. The van der Waals surface area contributed by atoms with Gasteiger partial charge in [-0.3, -0.25) is 9.59 Å². The number of hydrogen-bond acceptors (Lipinski definition) is 6. The molecular weight excluding hydrogens is 340 g/mol. The van der Waals surface area contributed by atoms with Gasteiger partial charge < -0.3 is 30.6 Å². The molecular formula is C18H24N2O6. The second kappa shape index (κ2) is 6.96. The van der Waals surface area contributed by atoms with Crippen LogP contribution in [0.3, 0.4) is 0 Å². The molecule has 8 heteroatoms. The van der Waals surface area contributed by atoms with Crippen LogP contribution in [-0.4, -0.2) is 74.1 Å². The summed E-state index contributed by atoms with van der Waals surface area (Å²) in [4.78, 5) is 26.3. The lowest BCUT2D eigenvalue weighted by Gasteiger charge is -2.29. The van der Waals surface area contributed by atoms with Gasteiger partial charge >= 0.3 is 0 Å². The maximum atomic E-state index is 12.5. The molecule has 1 aromatic rings. The zero-order valence-corrected chi connectivity index (χ0v) is 14.5. The average molecular weight is 364 g/mol. The van der Waals surface area contributed by atoms with Crippen molar-refractivity contribution in [3.63, 3.8) is 0 Å². The Morgan fingerprint density at radius 2 is 2.00 bits per heavy atom. The quantitative estimate of drug-likeness (QED) is 0.437. The van der Waals surface area contributed by atoms with E-state index < -0.39 is 35.7 Å². The van der Waals surface area contributed by atoms with Gasteiger partial charge in [-0.15, -0.1) is 0 Å². The number of hydrogen-bond donors (Lipinski definition) is 5. The van der Waals surface area contributed by atoms with Crippen molar-refractivity contribution in [1.82, 2.24) is 10.2 Å². The lowest BCUT2D eigenvalue weighted by Crippen LogP contribution is -2.56. The zero-order valence-electron chi connectivity index (χ0n) is 14.5. The van der Waals surface area contributed by atoms with Crippen molar-refractivity contribution in [3.8, 4) is 0 Å². The van der Waals surface area contributed by atoms with Gasteiger partial charge in [0.25, 0.3) is 11.8 Å². The zero-order chi connectivity index (χ0) is 19.1. The molecule has 2 amide bonds. The standard InChI is InChI=1S/C18H24N2O6/c1-18(26,9-20-7-10-4-2-3-5-12(10)16(20)24)17(25)19-13-6-11(8-21)14(22)15(13)23/h2-5,11,13-15,21-23,26H,6-9H2,1H3,(H,19,25)/t11-,13-,14-,15+,18?/m1/s1. The predicted molar refractivity (Wildman–Crippen MR) is 90.9 cm³/mol. The summed E-state index contributed by atoms with van der Waals surface area (Å²) < 4.78 is 0. The second-order valence-electron chi connectivity index (χ2n) is 7.33. The van der Waals surface area contributed by atoms with Crippen molar-refractivity contribution < 1.29 is 30.0 Å². The van der Waals surface area contributed by atoms with E-state index in [-0.39, 0.29) is 25.5 Å². The number of rotatable bonds is 5. The molecule has 5 N–H and O–H groups in total. The summed E-state index contributed by atoms with van der Waals surface area (Å²) in [7, 11) is 0. The minimum absolute atomic E-state index is 0.193. The van der Waals surface area contributed by atoms with Crippen LogP contribution in [0.2, 0.25) is 0 Å². The maximum absolute atomic E-state index is 12.5. The first-order valence-electron chi connectivity index (χ1n) is 8.62. The molecule has 0 saturated heterocycles. The summed E-state index contributed by atoms with van der Waals surface area (Å²) in [6, 6.07) is 6.35. The molecule has 142 valence electrons. The largest absolute Gasteiger partial charge is 0.396 e. The van der Waals surface area contributed by atoms with E-state index in [0.29, 0.717) is 12.1 Å². The van der Waals surface area contributed by atoms with Crippen molar-refractivity contribution in [2.75, 3.05) is 13.2 Å². The molecule has 1 aliphatic carbocycles. The van der Waals surface area contributed by atoms with Crippen LogP contribution in [0.5, 0.6) is 0 Å². The van der Waals surface area contributed by atoms with Crippen molar-refractivity contribution in [3.05, 3.63) is 35.4 Å². The van der Waals surface area contributed by atoms with Crippen molar-refractivity contribution >= 4 is 11.8 Å². The molecule has 1 fully saturated rings. The van der Waals surface area contributed by atoms with Crippen molar-refractivity contribution in [2.24, 2.45) is 5.92 Å². The predicted octanol–water partition coefficient (Wildman–Crippen LogP) is -1.39. The van der Waals surface area contributed by atoms with Gasteiger partial charge in [-0.1, -0.05) is 18.2 Å². The van der Waals surface area contributed by atoms with Gasteiger partial charge in [-0.05, 0) is 25.0 Å². The molecule has 1 heterocycles. The normalized spacial score (nSPS) is 30.2. The maximum Gasteiger partial charge on any atom is 0.254 e. The molecule has 1 aromatic carbocycles. The van der Waals surface area contributed by atoms with Gasteiger partial charge in [0, 0.05) is 24.6 Å². The Balaban J connectivity index is 1.64. The van der Waals surface area contributed by atoms with E-state index in [4.69, 9.17) is 0 Å². The topological polar surface area (TPSA) is 130 Å². The van der Waals surface area contributed by atoms with Gasteiger partial charge in [-0.2, -0.15) is 0 Å². The van der Waals surface area contributed by atoms with E-state index in [1.807, 2.05) is 12.1 Å². The number of aliphatic hydroxyl groups excluding tert-OH is 3. The second-order valence-corrected chi connectivity index (χ2v) is 7.33. The molecule has 8 nitrogen and oxygen atoms in total. The Kier molecular flexibility index (Phi) is 5.03. The third-order valence-electron chi connectivity index (χ3n) is 5.24. The van der Waals surface area contributed by atoms with Gasteiger partial charge in [-0.25, -0.2) is 0 Å². The van der Waals surface area contributed by atoms with Crippen LogP contribution in [0.25, 0.3) is 0 Å². The van der Waals surface area contributed by atoms with Gasteiger partial charge in [0.05, 0.1) is 18.7 Å². The molecule has 0 radical (unpaired) electrons. The SMILES string of the molecule is CC(O)(CN1Cc2ccccc2C1=O)C(=O)N[C@@H]1C[C@H](CO)[C@@H](O)[C@H]1O. The third-order valence-corrected chi connectivity index (χ3v) is 5.24. The first-order valence-corrected chi connectivity index (χ1v) is 8.62. The molecule has 1 saturated carbocycles. The number of nitrogens with zero attached hydrogens (tertiary/aromatic N) is 1. The van der Waals surface area contributed by atoms with Crippen LogP contribution in [0.15, 0.2) is 24.3 Å². The summed E-state index contributed by atoms with van der Waals surface area (Å²) in [5.74, 6) is -1.52. The number of β-amino-alcohol motifs (C(OH)–C–C–N with tert-alkyl or cyclic N) is 1. The Hall–Kier alpha value is -2.00. The highest BCUT2D eigenvalue weighted by Crippen LogP contribution is 2.28. The first kappa shape index (κ1) is 18.8. The molecule has 1 unspecified atom stereocenters. The third kappa shape index (κ3) is 3.33. The van der Waals surface area contributed by atoms with Crippen LogP contribution in [0.4, 0.5) is 0 Å². The van der Waals surface area contributed by atoms with Gasteiger partial charge in [0.1, 0.15) is 6.10 Å². The Bertz CT molecular complexity index is 707. The lowest BCUT2D eigenvalue weighted by molar-refractivity contribution is -0.141. The number of fused-ring (bicyclic) bond motifs is 1. The Morgan fingerprint density at radius 3 is 2.62 bits per heavy atom. The molecule has 0 aromatic heterocycles. The monoisotopic (exact) mass is 364 g/mol. The molecule has 0 spiro atoms. The lowest BCUT2D eigenvalue weighted by atomic mass is 10.0. The van der Waals surface area contributed by atoms with Crippen molar-refractivity contribution in [1.29, 1.82) is 0 Å². The first-order chi connectivity index (χ1) is 12.2. The minimum Gasteiger partial charge on any atom is -0.396 e. The number of carbonyl (C=O) groups is 2. The molecule has 2 aliphatic rings. The smallest absolute Gasteiger partial charge is 0.254 e. The van der Waals surface area contributed by atoms with Crippen LogP contribution >= 0.6 is 0 Å². The van der Waals surface area contributed by atoms with Crippen LogP contribution in [0, 0.1) is 5.92 Å². The van der Waals surface area contributed by atoms with Gasteiger partial charge in [0.2, 0.25) is 0 Å². The Morgan fingerprint density at radius 1 is 1.31 bits per heavy atom.